The van der Waals surface area contributed by atoms with Gasteiger partial charge in [-0.1, -0.05) is 11.6 Å². The van der Waals surface area contributed by atoms with E-state index in [-0.39, 0.29) is 23.0 Å². The van der Waals surface area contributed by atoms with Crippen molar-refractivity contribution in [3.8, 4) is 0 Å². The summed E-state index contributed by atoms with van der Waals surface area (Å²) in [7, 11) is 0. The zero-order chi connectivity index (χ0) is 11.5. The van der Waals surface area contributed by atoms with Crippen LogP contribution in [0.2, 0.25) is 5.15 Å². The molecule has 8 heteroatoms. The van der Waals surface area contributed by atoms with Gasteiger partial charge >= 0.3 is 5.69 Å². The van der Waals surface area contributed by atoms with E-state index in [0.29, 0.717) is 0 Å². The van der Waals surface area contributed by atoms with Crippen LogP contribution >= 0.6 is 22.9 Å². The van der Waals surface area contributed by atoms with E-state index in [1.807, 2.05) is 0 Å². The first-order valence-electron chi connectivity index (χ1n) is 4.20. The van der Waals surface area contributed by atoms with Crippen LogP contribution in [0, 0.1) is 10.1 Å². The van der Waals surface area contributed by atoms with E-state index in [4.69, 9.17) is 11.6 Å². The van der Waals surface area contributed by atoms with Crippen LogP contribution in [0.25, 0.3) is 0 Å². The van der Waals surface area contributed by atoms with Crippen molar-refractivity contribution >= 4 is 28.6 Å². The number of aromatic nitrogens is 3. The van der Waals surface area contributed by atoms with Gasteiger partial charge < -0.3 is 0 Å². The molecule has 2 heterocycles. The Bertz CT molecular complexity index is 517. The van der Waals surface area contributed by atoms with Crippen LogP contribution in [0.15, 0.2) is 17.9 Å². The molecule has 0 fully saturated rings. The Morgan fingerprint density at radius 3 is 2.88 bits per heavy atom. The lowest BCUT2D eigenvalue weighted by atomic mass is 10.2. The van der Waals surface area contributed by atoms with Crippen LogP contribution < -0.4 is 0 Å². The van der Waals surface area contributed by atoms with E-state index < -0.39 is 4.92 Å². The highest BCUT2D eigenvalue weighted by molar-refractivity contribution is 7.09. The van der Waals surface area contributed by atoms with Crippen LogP contribution in [0.1, 0.15) is 10.7 Å². The molecule has 0 saturated carbocycles. The fourth-order valence-electron chi connectivity index (χ4n) is 1.18. The molecule has 0 spiro atoms. The molecular formula is C8H5ClN4O2S. The van der Waals surface area contributed by atoms with Crippen LogP contribution in [0.4, 0.5) is 5.69 Å². The Kier molecular flexibility index (Phi) is 3.07. The van der Waals surface area contributed by atoms with Gasteiger partial charge in [0.1, 0.15) is 12.0 Å². The highest BCUT2D eigenvalue weighted by Crippen LogP contribution is 2.26. The third-order valence-corrected chi connectivity index (χ3v) is 2.89. The molecule has 0 N–H and O–H groups in total. The van der Waals surface area contributed by atoms with Gasteiger partial charge in [0.2, 0.25) is 5.15 Å². The Morgan fingerprint density at radius 2 is 2.25 bits per heavy atom. The van der Waals surface area contributed by atoms with E-state index >= 15 is 0 Å². The van der Waals surface area contributed by atoms with Crippen molar-refractivity contribution in [2.24, 2.45) is 0 Å². The normalized spacial score (nSPS) is 10.3. The predicted molar refractivity (Wildman–Crippen MR) is 58.6 cm³/mol. The third-order valence-electron chi connectivity index (χ3n) is 1.84. The highest BCUT2D eigenvalue weighted by atomic mass is 35.5. The van der Waals surface area contributed by atoms with Crippen molar-refractivity contribution in [2.75, 3.05) is 0 Å². The summed E-state index contributed by atoms with van der Waals surface area (Å²) in [5, 5.41) is 13.2. The number of nitrogens with zero attached hydrogens (tertiary/aromatic N) is 4. The highest BCUT2D eigenvalue weighted by Gasteiger charge is 2.21. The molecule has 0 aliphatic heterocycles. The van der Waals surface area contributed by atoms with Gasteiger partial charge in [-0.15, -0.1) is 11.3 Å². The van der Waals surface area contributed by atoms with Gasteiger partial charge in [-0.2, -0.15) is 0 Å². The molecule has 2 aromatic rings. The minimum atomic E-state index is -0.578. The van der Waals surface area contributed by atoms with Gasteiger partial charge in [-0.05, 0) is 0 Å². The molecule has 6 nitrogen and oxygen atoms in total. The summed E-state index contributed by atoms with van der Waals surface area (Å²) in [6.45, 7) is 0. The van der Waals surface area contributed by atoms with Gasteiger partial charge in [-0.25, -0.2) is 15.0 Å². The maximum Gasteiger partial charge on any atom is 0.328 e. The lowest BCUT2D eigenvalue weighted by Crippen LogP contribution is -2.01. The zero-order valence-corrected chi connectivity index (χ0v) is 9.40. The summed E-state index contributed by atoms with van der Waals surface area (Å²) < 4.78 is 0. The average molecular weight is 257 g/mol. The van der Waals surface area contributed by atoms with Crippen molar-refractivity contribution in [1.29, 1.82) is 0 Å². The molecule has 0 unspecified atom stereocenters. The second kappa shape index (κ2) is 4.50. The fraction of sp³-hybridized carbons (Fsp3) is 0.125. The molecule has 0 saturated heterocycles. The van der Waals surface area contributed by atoms with E-state index in [1.54, 1.807) is 11.6 Å². The molecule has 2 rings (SSSR count). The Hall–Kier alpha value is -1.60. The van der Waals surface area contributed by atoms with Crippen LogP contribution in [-0.2, 0) is 6.42 Å². The Morgan fingerprint density at radius 1 is 1.44 bits per heavy atom. The Balaban J connectivity index is 2.40. The number of thiazole rings is 1. The summed E-state index contributed by atoms with van der Waals surface area (Å²) >= 11 is 7.06. The molecule has 0 radical (unpaired) electrons. The van der Waals surface area contributed by atoms with Crippen molar-refractivity contribution < 1.29 is 4.92 Å². The van der Waals surface area contributed by atoms with Gasteiger partial charge in [0, 0.05) is 18.0 Å². The van der Waals surface area contributed by atoms with E-state index in [9.17, 15) is 10.1 Å². The van der Waals surface area contributed by atoms with Gasteiger partial charge in [0.05, 0.1) is 9.93 Å². The van der Waals surface area contributed by atoms with Crippen LogP contribution in [-0.4, -0.2) is 19.9 Å². The topological polar surface area (TPSA) is 81.8 Å². The number of hydrogen-bond acceptors (Lipinski definition) is 6. The van der Waals surface area contributed by atoms with E-state index in [0.717, 1.165) is 5.01 Å². The molecular weight excluding hydrogens is 252 g/mol. The number of hydrogen-bond donors (Lipinski definition) is 0. The molecule has 82 valence electrons. The average Bonchev–Trinajstić information content (AvgIpc) is 2.70. The molecule has 0 atom stereocenters. The van der Waals surface area contributed by atoms with E-state index in [1.165, 1.54) is 17.7 Å². The number of halogens is 1. The van der Waals surface area contributed by atoms with Crippen LogP contribution in [0.5, 0.6) is 0 Å². The summed E-state index contributed by atoms with van der Waals surface area (Å²) in [4.78, 5) is 21.7. The zero-order valence-electron chi connectivity index (χ0n) is 7.83. The number of rotatable bonds is 3. The summed E-state index contributed by atoms with van der Waals surface area (Å²) in [5.41, 5.74) is 0.0271. The fourth-order valence-corrected chi connectivity index (χ4v) is 2.03. The quantitative estimate of drug-likeness (QED) is 0.477. The van der Waals surface area contributed by atoms with Crippen LogP contribution in [0.3, 0.4) is 0 Å². The molecule has 0 bridgehead atoms. The minimum absolute atomic E-state index is 0.147. The number of nitro groups is 1. The predicted octanol–water partition coefficient (Wildman–Crippen LogP) is 2.09. The summed E-state index contributed by atoms with van der Waals surface area (Å²) in [5.74, 6) is 0. The maximum atomic E-state index is 10.8. The lowest BCUT2D eigenvalue weighted by molar-refractivity contribution is -0.386. The van der Waals surface area contributed by atoms with Gasteiger partial charge in [-0.3, -0.25) is 10.1 Å². The van der Waals surface area contributed by atoms with Crippen molar-refractivity contribution in [3.05, 3.63) is 43.9 Å². The summed E-state index contributed by atoms with van der Waals surface area (Å²) in [6.07, 6.45) is 3.13. The minimum Gasteiger partial charge on any atom is -0.258 e. The van der Waals surface area contributed by atoms with Crippen molar-refractivity contribution in [1.82, 2.24) is 15.0 Å². The molecule has 0 aromatic carbocycles. The standard InChI is InChI=1S/C8H5ClN4O2S/c9-8-7(13(14)15)5(11-4-12-8)3-6-10-1-2-16-6/h1-2,4H,3H2. The molecule has 16 heavy (non-hydrogen) atoms. The van der Waals surface area contributed by atoms with Crippen molar-refractivity contribution in [3.63, 3.8) is 0 Å². The first-order chi connectivity index (χ1) is 7.68. The smallest absolute Gasteiger partial charge is 0.258 e. The van der Waals surface area contributed by atoms with Crippen molar-refractivity contribution in [2.45, 2.75) is 6.42 Å². The monoisotopic (exact) mass is 256 g/mol. The van der Waals surface area contributed by atoms with Gasteiger partial charge in [0.15, 0.2) is 0 Å². The Labute approximate surface area is 99.1 Å². The first-order valence-corrected chi connectivity index (χ1v) is 5.46. The lowest BCUT2D eigenvalue weighted by Gasteiger charge is -2.00. The SMILES string of the molecule is O=[N+]([O-])c1c(Cl)ncnc1Cc1nccs1. The third kappa shape index (κ3) is 2.15. The maximum absolute atomic E-state index is 10.8. The molecule has 2 aromatic heterocycles. The van der Waals surface area contributed by atoms with Gasteiger partial charge in [0.25, 0.3) is 0 Å². The second-order valence-electron chi connectivity index (χ2n) is 2.82. The molecule has 0 aliphatic carbocycles. The first kappa shape index (κ1) is 10.9. The summed E-state index contributed by atoms with van der Waals surface area (Å²) in [6, 6.07) is 0. The largest absolute Gasteiger partial charge is 0.328 e. The molecule has 0 amide bonds. The molecule has 0 aliphatic rings. The van der Waals surface area contributed by atoms with E-state index in [2.05, 4.69) is 15.0 Å². The second-order valence-corrected chi connectivity index (χ2v) is 4.16.